The molecule has 156 valence electrons. The fourth-order valence-electron chi connectivity index (χ4n) is 3.69. The van der Waals surface area contributed by atoms with Gasteiger partial charge in [-0.25, -0.2) is 9.69 Å². The van der Waals surface area contributed by atoms with Gasteiger partial charge in [0, 0.05) is 22.1 Å². The third-order valence-corrected chi connectivity index (χ3v) is 5.47. The van der Waals surface area contributed by atoms with Crippen LogP contribution in [0.15, 0.2) is 60.2 Å². The van der Waals surface area contributed by atoms with Gasteiger partial charge in [-0.2, -0.15) is 0 Å². The minimum Gasteiger partial charge on any atom is -0.318 e. The maximum atomic E-state index is 13.1. The quantitative estimate of drug-likeness (QED) is 0.479. The number of nitrogens with one attached hydrogen (secondary N) is 1. The van der Waals surface area contributed by atoms with Gasteiger partial charge in [-0.05, 0) is 68.8 Å². The van der Waals surface area contributed by atoms with Gasteiger partial charge < -0.3 is 4.57 Å². The number of halogens is 1. The van der Waals surface area contributed by atoms with E-state index in [0.717, 1.165) is 27.5 Å². The molecule has 31 heavy (non-hydrogen) atoms. The van der Waals surface area contributed by atoms with Gasteiger partial charge in [0.1, 0.15) is 5.57 Å². The maximum Gasteiger partial charge on any atom is 0.335 e. The summed E-state index contributed by atoms with van der Waals surface area (Å²) in [5, 5.41) is 2.87. The highest BCUT2D eigenvalue weighted by Crippen LogP contribution is 2.27. The summed E-state index contributed by atoms with van der Waals surface area (Å²) in [4.78, 5) is 38.9. The highest BCUT2D eigenvalue weighted by molar-refractivity contribution is 6.39. The topological polar surface area (TPSA) is 71.4 Å². The molecular weight excluding hydrogens is 414 g/mol. The highest BCUT2D eigenvalue weighted by Gasteiger charge is 2.37. The average molecular weight is 434 g/mol. The summed E-state index contributed by atoms with van der Waals surface area (Å²) in [6.45, 7) is 5.74. The van der Waals surface area contributed by atoms with Gasteiger partial charge in [0.15, 0.2) is 0 Å². The molecule has 4 amide bonds. The van der Waals surface area contributed by atoms with Crippen molar-refractivity contribution in [3.8, 4) is 5.69 Å². The molecule has 4 rings (SSSR count). The Hall–Kier alpha value is -3.64. The Morgan fingerprint density at radius 2 is 1.61 bits per heavy atom. The fraction of sp³-hybridized carbons (Fsp3) is 0.125. The normalized spacial score (nSPS) is 15.5. The number of carbonyl (C=O) groups is 3. The van der Waals surface area contributed by atoms with E-state index in [4.69, 9.17) is 11.6 Å². The molecule has 1 aliphatic heterocycles. The molecule has 0 spiro atoms. The molecule has 1 aliphatic rings. The van der Waals surface area contributed by atoms with Gasteiger partial charge in [0.2, 0.25) is 0 Å². The van der Waals surface area contributed by atoms with Gasteiger partial charge in [-0.1, -0.05) is 35.4 Å². The highest BCUT2D eigenvalue weighted by atomic mass is 35.5. The van der Waals surface area contributed by atoms with Crippen LogP contribution in [0.25, 0.3) is 11.8 Å². The van der Waals surface area contributed by atoms with Crippen molar-refractivity contribution in [1.29, 1.82) is 0 Å². The first kappa shape index (κ1) is 20.6. The molecule has 0 radical (unpaired) electrons. The lowest BCUT2D eigenvalue weighted by molar-refractivity contribution is -0.122. The molecule has 1 N–H and O–H groups in total. The van der Waals surface area contributed by atoms with Crippen LogP contribution >= 0.6 is 11.6 Å². The van der Waals surface area contributed by atoms with E-state index in [1.54, 1.807) is 30.3 Å². The second-order valence-electron chi connectivity index (χ2n) is 7.44. The molecular formula is C24H20ClN3O3. The zero-order chi connectivity index (χ0) is 22.3. The second-order valence-corrected chi connectivity index (χ2v) is 7.87. The zero-order valence-electron chi connectivity index (χ0n) is 17.3. The second kappa shape index (κ2) is 7.89. The summed E-state index contributed by atoms with van der Waals surface area (Å²) < 4.78 is 1.99. The van der Waals surface area contributed by atoms with Crippen LogP contribution in [-0.4, -0.2) is 22.4 Å². The third kappa shape index (κ3) is 3.78. The number of aryl methyl sites for hydroxylation is 2. The van der Waals surface area contributed by atoms with Crippen molar-refractivity contribution in [2.45, 2.75) is 20.8 Å². The molecule has 0 atom stereocenters. The van der Waals surface area contributed by atoms with Crippen LogP contribution in [0.1, 0.15) is 22.5 Å². The third-order valence-electron chi connectivity index (χ3n) is 5.23. The molecule has 3 aromatic rings. The number of nitrogens with zero attached hydrogens (tertiary/aromatic N) is 2. The van der Waals surface area contributed by atoms with Gasteiger partial charge in [-0.3, -0.25) is 14.9 Å². The lowest BCUT2D eigenvalue weighted by Gasteiger charge is -2.26. The van der Waals surface area contributed by atoms with Gasteiger partial charge in [-0.15, -0.1) is 0 Å². The monoisotopic (exact) mass is 433 g/mol. The van der Waals surface area contributed by atoms with E-state index in [2.05, 4.69) is 5.32 Å². The number of anilines is 1. The number of imide groups is 2. The Bertz CT molecular complexity index is 1260. The van der Waals surface area contributed by atoms with Crippen LogP contribution in [0, 0.1) is 20.8 Å². The van der Waals surface area contributed by atoms with Crippen molar-refractivity contribution in [2.24, 2.45) is 0 Å². The van der Waals surface area contributed by atoms with Crippen molar-refractivity contribution in [2.75, 3.05) is 4.90 Å². The minimum atomic E-state index is -0.764. The largest absolute Gasteiger partial charge is 0.335 e. The number of urea groups is 1. The van der Waals surface area contributed by atoms with Crippen molar-refractivity contribution < 1.29 is 14.4 Å². The first-order valence-corrected chi connectivity index (χ1v) is 10.1. The van der Waals surface area contributed by atoms with Crippen LogP contribution in [0.2, 0.25) is 5.02 Å². The summed E-state index contributed by atoms with van der Waals surface area (Å²) >= 11 is 6.14. The Kier molecular flexibility index (Phi) is 5.25. The average Bonchev–Trinajstić information content (AvgIpc) is 2.99. The van der Waals surface area contributed by atoms with E-state index < -0.39 is 17.8 Å². The van der Waals surface area contributed by atoms with Gasteiger partial charge in [0.25, 0.3) is 11.8 Å². The SMILES string of the molecule is Cc1ccc(N2C(=O)NC(=O)/C(=C\c3cc(C)n(-c4cccc(Cl)c4)c3C)C2=O)cc1. The number of carbonyl (C=O) groups excluding carboxylic acids is 3. The Morgan fingerprint density at radius 3 is 2.29 bits per heavy atom. The van der Waals surface area contributed by atoms with Crippen molar-refractivity contribution in [3.05, 3.63) is 87.7 Å². The molecule has 2 aromatic carbocycles. The predicted molar refractivity (Wildman–Crippen MR) is 120 cm³/mol. The molecule has 6 nitrogen and oxygen atoms in total. The standard InChI is InChI=1S/C24H20ClN3O3/c1-14-7-9-19(10-8-14)28-23(30)21(22(29)26-24(28)31)12-17-11-15(2)27(16(17)3)20-6-4-5-18(25)13-20/h4-13H,1-3H3,(H,26,29,31)/b21-12+. The molecule has 1 aromatic heterocycles. The number of benzene rings is 2. The summed E-state index contributed by atoms with van der Waals surface area (Å²) in [7, 11) is 0. The molecule has 1 saturated heterocycles. The first-order valence-electron chi connectivity index (χ1n) is 9.69. The van der Waals surface area contributed by atoms with Gasteiger partial charge >= 0.3 is 6.03 Å². The van der Waals surface area contributed by atoms with Crippen LogP contribution in [0.4, 0.5) is 10.5 Å². The van der Waals surface area contributed by atoms with Crippen LogP contribution < -0.4 is 10.2 Å². The first-order chi connectivity index (χ1) is 14.8. The summed E-state index contributed by atoms with van der Waals surface area (Å²) in [5.41, 5.74) is 4.63. The number of hydrogen-bond donors (Lipinski definition) is 1. The Balaban J connectivity index is 1.76. The van der Waals surface area contributed by atoms with E-state index in [0.29, 0.717) is 16.3 Å². The van der Waals surface area contributed by atoms with Crippen LogP contribution in [0.5, 0.6) is 0 Å². The molecule has 0 aliphatic carbocycles. The van der Waals surface area contributed by atoms with Crippen molar-refractivity contribution in [1.82, 2.24) is 9.88 Å². The molecule has 2 heterocycles. The molecule has 0 saturated carbocycles. The van der Waals surface area contributed by atoms with E-state index in [1.165, 1.54) is 6.08 Å². The molecule has 7 heteroatoms. The van der Waals surface area contributed by atoms with E-state index in [9.17, 15) is 14.4 Å². The molecule has 0 unspecified atom stereocenters. The number of aromatic nitrogens is 1. The number of hydrogen-bond acceptors (Lipinski definition) is 3. The van der Waals surface area contributed by atoms with Crippen molar-refractivity contribution in [3.63, 3.8) is 0 Å². The Labute approximate surface area is 184 Å². The minimum absolute atomic E-state index is 0.105. The number of rotatable bonds is 3. The van der Waals surface area contributed by atoms with Gasteiger partial charge in [0.05, 0.1) is 5.69 Å². The van der Waals surface area contributed by atoms with Crippen molar-refractivity contribution >= 4 is 41.2 Å². The number of amides is 4. The summed E-state index contributed by atoms with van der Waals surface area (Å²) in [5.74, 6) is -1.38. The molecule has 0 bridgehead atoms. The van der Waals surface area contributed by atoms with E-state index in [-0.39, 0.29) is 5.57 Å². The molecule has 1 fully saturated rings. The van der Waals surface area contributed by atoms with Crippen LogP contribution in [0.3, 0.4) is 0 Å². The van der Waals surface area contributed by atoms with E-state index in [1.807, 2.05) is 49.6 Å². The maximum absolute atomic E-state index is 13.1. The zero-order valence-corrected chi connectivity index (χ0v) is 18.0. The summed E-state index contributed by atoms with van der Waals surface area (Å²) in [6.07, 6.45) is 1.52. The van der Waals surface area contributed by atoms with E-state index >= 15 is 0 Å². The fourth-order valence-corrected chi connectivity index (χ4v) is 3.87. The Morgan fingerprint density at radius 1 is 0.903 bits per heavy atom. The lowest BCUT2D eigenvalue weighted by atomic mass is 10.1. The number of barbiturate groups is 1. The lowest BCUT2D eigenvalue weighted by Crippen LogP contribution is -2.54. The smallest absolute Gasteiger partial charge is 0.318 e. The summed E-state index contributed by atoms with van der Waals surface area (Å²) in [6, 6.07) is 15.5. The predicted octanol–water partition coefficient (Wildman–Crippen LogP) is 4.72. The van der Waals surface area contributed by atoms with Crippen LogP contribution in [-0.2, 0) is 9.59 Å².